The molecule has 0 aliphatic heterocycles. The number of ether oxygens (including phenoxy) is 3. The molecule has 0 fully saturated rings. The van der Waals surface area contributed by atoms with Crippen LogP contribution < -0.4 is 0 Å². The van der Waals surface area contributed by atoms with E-state index in [4.69, 9.17) is 14.2 Å². The lowest BCUT2D eigenvalue weighted by molar-refractivity contribution is -0.167. The Kier molecular flexibility index (Phi) is 54.9. The van der Waals surface area contributed by atoms with E-state index >= 15 is 0 Å². The maximum Gasteiger partial charge on any atom is 0.306 e. The number of hydrogen-bond acceptors (Lipinski definition) is 6. The topological polar surface area (TPSA) is 78.9 Å². The van der Waals surface area contributed by atoms with Gasteiger partial charge >= 0.3 is 17.9 Å². The second kappa shape index (κ2) is 56.1. The number of unbranched alkanes of at least 4 members (excludes halogenated alkanes) is 40. The Labute approximate surface area is 444 Å². The minimum Gasteiger partial charge on any atom is -0.462 e. The first-order valence-electron chi connectivity index (χ1n) is 32.1. The second-order valence-electron chi connectivity index (χ2n) is 23.6. The molecule has 0 saturated carbocycles. The molecule has 0 spiro atoms. The van der Waals surface area contributed by atoms with Gasteiger partial charge in [0, 0.05) is 19.3 Å². The van der Waals surface area contributed by atoms with E-state index in [0.717, 1.165) is 75.5 Å². The molecule has 0 aliphatic rings. The number of carbonyl (C=O) groups is 3. The maximum absolute atomic E-state index is 12.9. The van der Waals surface area contributed by atoms with Crippen LogP contribution in [-0.2, 0) is 28.6 Å². The summed E-state index contributed by atoms with van der Waals surface area (Å²) in [6.45, 7) is 13.8. The fourth-order valence-corrected chi connectivity index (χ4v) is 10.0. The molecule has 6 heteroatoms. The molecule has 0 N–H and O–H groups in total. The highest BCUT2D eigenvalue weighted by atomic mass is 16.6. The van der Waals surface area contributed by atoms with E-state index in [1.807, 2.05) is 0 Å². The van der Waals surface area contributed by atoms with Crippen LogP contribution in [0.25, 0.3) is 0 Å². The second-order valence-corrected chi connectivity index (χ2v) is 23.6. The molecule has 2 atom stereocenters. The monoisotopic (exact) mass is 1000 g/mol. The van der Waals surface area contributed by atoms with Gasteiger partial charge in [-0.2, -0.15) is 0 Å². The summed E-state index contributed by atoms with van der Waals surface area (Å²) in [5.41, 5.74) is 0. The summed E-state index contributed by atoms with van der Waals surface area (Å²) in [5.74, 6) is 1.75. The fourth-order valence-electron chi connectivity index (χ4n) is 10.0. The molecule has 0 radical (unpaired) electrons. The summed E-state index contributed by atoms with van der Waals surface area (Å²) in [6.07, 6.45) is 60.9. The number of esters is 3. The Bertz CT molecular complexity index is 1100. The van der Waals surface area contributed by atoms with E-state index in [2.05, 4.69) is 41.5 Å². The van der Waals surface area contributed by atoms with Crippen molar-refractivity contribution in [3.8, 4) is 0 Å². The standard InChI is InChI=1S/C65H126O6/c1-7-61(6)53-47-41-35-29-23-17-12-14-20-26-32-38-44-50-56-65(68)71-62(58-70-64(67)55-49-43-37-31-25-19-13-11-16-22-28-34-40-46-52-60(4)5)57-69-63(66)54-48-42-36-30-24-18-10-8-9-15-21-27-33-39-45-51-59(2)3/h59-62H,7-58H2,1-6H3/t61?,62-/m1/s1. The molecule has 0 aromatic heterocycles. The van der Waals surface area contributed by atoms with Gasteiger partial charge in [0.15, 0.2) is 6.10 Å². The van der Waals surface area contributed by atoms with Gasteiger partial charge in [-0.1, -0.05) is 324 Å². The first-order chi connectivity index (χ1) is 34.6. The predicted octanol–water partition coefficient (Wildman–Crippen LogP) is 21.5. The summed E-state index contributed by atoms with van der Waals surface area (Å²) in [5, 5.41) is 0. The van der Waals surface area contributed by atoms with Gasteiger partial charge in [-0.3, -0.25) is 14.4 Å². The highest BCUT2D eigenvalue weighted by molar-refractivity contribution is 5.71. The summed E-state index contributed by atoms with van der Waals surface area (Å²) in [6, 6.07) is 0. The van der Waals surface area contributed by atoms with Crippen molar-refractivity contribution < 1.29 is 28.6 Å². The smallest absolute Gasteiger partial charge is 0.306 e. The third-order valence-corrected chi connectivity index (χ3v) is 15.3. The van der Waals surface area contributed by atoms with Gasteiger partial charge < -0.3 is 14.2 Å². The molecule has 0 aliphatic carbocycles. The zero-order valence-corrected chi connectivity index (χ0v) is 49.0. The van der Waals surface area contributed by atoms with Crippen molar-refractivity contribution in [3.63, 3.8) is 0 Å². The first-order valence-corrected chi connectivity index (χ1v) is 32.1. The molecule has 6 nitrogen and oxygen atoms in total. The Balaban J connectivity index is 4.30. The Morgan fingerprint density at radius 1 is 0.282 bits per heavy atom. The lowest BCUT2D eigenvalue weighted by Crippen LogP contribution is -2.30. The van der Waals surface area contributed by atoms with Crippen molar-refractivity contribution in [1.82, 2.24) is 0 Å². The van der Waals surface area contributed by atoms with Crippen LogP contribution in [0, 0.1) is 17.8 Å². The van der Waals surface area contributed by atoms with Crippen molar-refractivity contribution in [3.05, 3.63) is 0 Å². The molecule has 0 heterocycles. The molecule has 71 heavy (non-hydrogen) atoms. The van der Waals surface area contributed by atoms with Gasteiger partial charge in [-0.15, -0.1) is 0 Å². The van der Waals surface area contributed by atoms with E-state index in [1.54, 1.807) is 0 Å². The fraction of sp³-hybridized carbons (Fsp3) is 0.954. The highest BCUT2D eigenvalue weighted by Gasteiger charge is 2.19. The molecule has 0 bridgehead atoms. The molecular weight excluding hydrogens is 877 g/mol. The molecule has 1 unspecified atom stereocenters. The van der Waals surface area contributed by atoms with Crippen molar-refractivity contribution in [2.75, 3.05) is 13.2 Å². The van der Waals surface area contributed by atoms with Crippen molar-refractivity contribution >= 4 is 17.9 Å². The zero-order valence-electron chi connectivity index (χ0n) is 49.0. The van der Waals surface area contributed by atoms with Gasteiger partial charge in [0.05, 0.1) is 0 Å². The normalized spacial score (nSPS) is 12.5. The first kappa shape index (κ1) is 69.4. The SMILES string of the molecule is CCC(C)CCCCCCCCCCCCCCCCC(=O)O[C@H](COC(=O)CCCCCCCCCCCCCCCCCC(C)C)COC(=O)CCCCCCCCCCCCCCCCC(C)C. The van der Waals surface area contributed by atoms with E-state index in [-0.39, 0.29) is 31.1 Å². The lowest BCUT2D eigenvalue weighted by Gasteiger charge is -2.18. The van der Waals surface area contributed by atoms with Crippen LogP contribution in [0.4, 0.5) is 0 Å². The summed E-state index contributed by atoms with van der Waals surface area (Å²) in [7, 11) is 0. The van der Waals surface area contributed by atoms with Gasteiger partial charge in [0.2, 0.25) is 0 Å². The average Bonchev–Trinajstić information content (AvgIpc) is 3.35. The van der Waals surface area contributed by atoms with Crippen LogP contribution in [-0.4, -0.2) is 37.2 Å². The van der Waals surface area contributed by atoms with Gasteiger partial charge in [0.1, 0.15) is 13.2 Å². The highest BCUT2D eigenvalue weighted by Crippen LogP contribution is 2.19. The van der Waals surface area contributed by atoms with Crippen LogP contribution in [0.2, 0.25) is 0 Å². The van der Waals surface area contributed by atoms with Crippen LogP contribution in [0.15, 0.2) is 0 Å². The van der Waals surface area contributed by atoms with E-state index in [9.17, 15) is 14.4 Å². The number of carbonyl (C=O) groups excluding carboxylic acids is 3. The largest absolute Gasteiger partial charge is 0.462 e. The number of hydrogen-bond donors (Lipinski definition) is 0. The molecule has 0 amide bonds. The van der Waals surface area contributed by atoms with Crippen LogP contribution in [0.3, 0.4) is 0 Å². The molecule has 0 rings (SSSR count). The third-order valence-electron chi connectivity index (χ3n) is 15.3. The van der Waals surface area contributed by atoms with Crippen LogP contribution >= 0.6 is 0 Å². The van der Waals surface area contributed by atoms with Crippen LogP contribution in [0.1, 0.15) is 363 Å². The van der Waals surface area contributed by atoms with Gasteiger partial charge in [-0.25, -0.2) is 0 Å². The van der Waals surface area contributed by atoms with Crippen molar-refractivity contribution in [2.24, 2.45) is 17.8 Å². The Morgan fingerprint density at radius 3 is 0.732 bits per heavy atom. The van der Waals surface area contributed by atoms with Crippen molar-refractivity contribution in [2.45, 2.75) is 369 Å². The summed E-state index contributed by atoms with van der Waals surface area (Å²) >= 11 is 0. The Hall–Kier alpha value is -1.59. The lowest BCUT2D eigenvalue weighted by atomic mass is 9.99. The van der Waals surface area contributed by atoms with E-state index in [0.29, 0.717) is 19.3 Å². The quantitative estimate of drug-likeness (QED) is 0.0343. The maximum atomic E-state index is 12.9. The predicted molar refractivity (Wildman–Crippen MR) is 307 cm³/mol. The van der Waals surface area contributed by atoms with E-state index in [1.165, 1.54) is 244 Å². The minimum absolute atomic E-state index is 0.0625. The molecule has 422 valence electrons. The van der Waals surface area contributed by atoms with Crippen LogP contribution in [0.5, 0.6) is 0 Å². The third kappa shape index (κ3) is 57.5. The summed E-state index contributed by atoms with van der Waals surface area (Å²) in [4.78, 5) is 38.3. The van der Waals surface area contributed by atoms with E-state index < -0.39 is 6.10 Å². The molecule has 0 aromatic carbocycles. The Morgan fingerprint density at radius 2 is 0.493 bits per heavy atom. The van der Waals surface area contributed by atoms with Crippen molar-refractivity contribution in [1.29, 1.82) is 0 Å². The average molecular weight is 1000 g/mol. The molecule has 0 aromatic rings. The summed E-state index contributed by atoms with van der Waals surface area (Å²) < 4.78 is 17.0. The zero-order chi connectivity index (χ0) is 51.9. The molecular formula is C65H126O6. The van der Waals surface area contributed by atoms with Gasteiger partial charge in [-0.05, 0) is 37.0 Å². The number of rotatable bonds is 58. The molecule has 0 saturated heterocycles. The minimum atomic E-state index is -0.765. The van der Waals surface area contributed by atoms with Gasteiger partial charge in [0.25, 0.3) is 0 Å².